The molecule has 1 heterocycles. The van der Waals surface area contributed by atoms with Crippen molar-refractivity contribution in [3.63, 3.8) is 0 Å². The lowest BCUT2D eigenvalue weighted by molar-refractivity contribution is 0.228. The van der Waals surface area contributed by atoms with Gasteiger partial charge < -0.3 is 10.4 Å². The van der Waals surface area contributed by atoms with Gasteiger partial charge in [0, 0.05) is 18.0 Å². The van der Waals surface area contributed by atoms with Crippen molar-refractivity contribution in [3.05, 3.63) is 15.6 Å². The van der Waals surface area contributed by atoms with Crippen molar-refractivity contribution in [2.45, 2.75) is 40.2 Å². The molecule has 1 aromatic rings. The van der Waals surface area contributed by atoms with Crippen LogP contribution in [0.1, 0.15) is 35.3 Å². The van der Waals surface area contributed by atoms with Crippen LogP contribution in [0.25, 0.3) is 0 Å². The van der Waals surface area contributed by atoms with Crippen LogP contribution in [0.3, 0.4) is 0 Å². The SMILES string of the molecule is Cc1nc(C)c(CNCCCC(C)CO)s1. The highest BCUT2D eigenvalue weighted by Crippen LogP contribution is 2.16. The fourth-order valence-electron chi connectivity index (χ4n) is 1.61. The Labute approximate surface area is 102 Å². The van der Waals surface area contributed by atoms with E-state index in [9.17, 15) is 0 Å². The van der Waals surface area contributed by atoms with Gasteiger partial charge in [0.2, 0.25) is 0 Å². The van der Waals surface area contributed by atoms with Crippen LogP contribution in [0.2, 0.25) is 0 Å². The summed E-state index contributed by atoms with van der Waals surface area (Å²) in [4.78, 5) is 5.74. The first kappa shape index (κ1) is 13.6. The fourth-order valence-corrected chi connectivity index (χ4v) is 2.51. The average molecular weight is 242 g/mol. The van der Waals surface area contributed by atoms with Crippen molar-refractivity contribution in [2.24, 2.45) is 5.92 Å². The molecule has 0 aliphatic heterocycles. The first-order valence-corrected chi connectivity index (χ1v) is 6.69. The molecule has 0 amide bonds. The quantitative estimate of drug-likeness (QED) is 0.721. The van der Waals surface area contributed by atoms with E-state index in [1.807, 2.05) is 6.92 Å². The largest absolute Gasteiger partial charge is 0.396 e. The Hall–Kier alpha value is -0.450. The van der Waals surface area contributed by atoms with E-state index in [2.05, 4.69) is 24.1 Å². The van der Waals surface area contributed by atoms with Gasteiger partial charge in [0.05, 0.1) is 10.7 Å². The van der Waals surface area contributed by atoms with Crippen LogP contribution >= 0.6 is 11.3 Å². The molecule has 0 aromatic carbocycles. The van der Waals surface area contributed by atoms with E-state index < -0.39 is 0 Å². The number of hydrogen-bond donors (Lipinski definition) is 2. The zero-order chi connectivity index (χ0) is 12.0. The minimum Gasteiger partial charge on any atom is -0.396 e. The minimum atomic E-state index is 0.299. The highest BCUT2D eigenvalue weighted by atomic mass is 32.1. The second-order valence-electron chi connectivity index (χ2n) is 4.35. The van der Waals surface area contributed by atoms with Gasteiger partial charge in [-0.05, 0) is 39.2 Å². The number of aliphatic hydroxyl groups excluding tert-OH is 1. The third-order valence-electron chi connectivity index (χ3n) is 2.65. The standard InChI is InChI=1S/C12H22N2OS/c1-9(8-15)5-4-6-13-7-12-10(2)14-11(3)16-12/h9,13,15H,4-8H2,1-3H3. The van der Waals surface area contributed by atoms with E-state index in [4.69, 9.17) is 5.11 Å². The summed E-state index contributed by atoms with van der Waals surface area (Å²) in [6, 6.07) is 0. The van der Waals surface area contributed by atoms with Crippen molar-refractivity contribution in [1.29, 1.82) is 0 Å². The molecule has 1 aromatic heterocycles. The third-order valence-corrected chi connectivity index (χ3v) is 3.72. The maximum atomic E-state index is 8.88. The molecular weight excluding hydrogens is 220 g/mol. The van der Waals surface area contributed by atoms with Crippen molar-refractivity contribution in [3.8, 4) is 0 Å². The van der Waals surface area contributed by atoms with Gasteiger partial charge in [-0.3, -0.25) is 0 Å². The highest BCUT2D eigenvalue weighted by molar-refractivity contribution is 7.11. The predicted octanol–water partition coefficient (Wildman–Crippen LogP) is 2.26. The summed E-state index contributed by atoms with van der Waals surface area (Å²) in [5.41, 5.74) is 1.15. The molecule has 0 radical (unpaired) electrons. The smallest absolute Gasteiger partial charge is 0.0900 e. The zero-order valence-electron chi connectivity index (χ0n) is 10.4. The Morgan fingerprint density at radius 3 is 2.75 bits per heavy atom. The normalized spacial score (nSPS) is 13.0. The van der Waals surface area contributed by atoms with E-state index >= 15 is 0 Å². The molecule has 0 fully saturated rings. The number of thiazole rings is 1. The number of nitrogens with one attached hydrogen (secondary N) is 1. The summed E-state index contributed by atoms with van der Waals surface area (Å²) in [6.45, 7) is 8.42. The van der Waals surface area contributed by atoms with Gasteiger partial charge in [0.15, 0.2) is 0 Å². The van der Waals surface area contributed by atoms with Crippen LogP contribution in [-0.4, -0.2) is 23.2 Å². The minimum absolute atomic E-state index is 0.299. The maximum Gasteiger partial charge on any atom is 0.0900 e. The van der Waals surface area contributed by atoms with Crippen molar-refractivity contribution in [1.82, 2.24) is 10.3 Å². The maximum absolute atomic E-state index is 8.88. The lowest BCUT2D eigenvalue weighted by Gasteiger charge is -2.07. The fraction of sp³-hybridized carbons (Fsp3) is 0.750. The summed E-state index contributed by atoms with van der Waals surface area (Å²) < 4.78 is 0. The lowest BCUT2D eigenvalue weighted by Crippen LogP contribution is -2.15. The van der Waals surface area contributed by atoms with Gasteiger partial charge in [-0.1, -0.05) is 6.92 Å². The summed E-state index contributed by atoms with van der Waals surface area (Å²) >= 11 is 1.77. The number of aryl methyl sites for hydroxylation is 2. The van der Waals surface area contributed by atoms with Crippen LogP contribution in [0.15, 0.2) is 0 Å². The van der Waals surface area contributed by atoms with Crippen LogP contribution in [0.4, 0.5) is 0 Å². The third kappa shape index (κ3) is 4.60. The first-order valence-electron chi connectivity index (χ1n) is 5.88. The monoisotopic (exact) mass is 242 g/mol. The molecule has 1 rings (SSSR count). The van der Waals surface area contributed by atoms with Crippen LogP contribution in [0.5, 0.6) is 0 Å². The number of aromatic nitrogens is 1. The molecule has 0 aliphatic carbocycles. The molecule has 1 unspecified atom stereocenters. The van der Waals surface area contributed by atoms with Gasteiger partial charge in [-0.15, -0.1) is 11.3 Å². The Balaban J connectivity index is 2.14. The van der Waals surface area contributed by atoms with Gasteiger partial charge in [0.1, 0.15) is 0 Å². The first-order chi connectivity index (χ1) is 7.63. The van der Waals surface area contributed by atoms with Crippen LogP contribution < -0.4 is 5.32 Å². The highest BCUT2D eigenvalue weighted by Gasteiger charge is 2.04. The second-order valence-corrected chi connectivity index (χ2v) is 5.64. The molecule has 0 saturated carbocycles. The molecule has 0 spiro atoms. The predicted molar refractivity (Wildman–Crippen MR) is 68.8 cm³/mol. The topological polar surface area (TPSA) is 45.2 Å². The van der Waals surface area contributed by atoms with Gasteiger partial charge in [-0.2, -0.15) is 0 Å². The van der Waals surface area contributed by atoms with E-state index in [1.54, 1.807) is 11.3 Å². The molecule has 4 heteroatoms. The molecule has 0 saturated heterocycles. The average Bonchev–Trinajstić information content (AvgIpc) is 2.56. The lowest BCUT2D eigenvalue weighted by atomic mass is 10.1. The number of aliphatic hydroxyl groups is 1. The van der Waals surface area contributed by atoms with Crippen molar-refractivity contribution in [2.75, 3.05) is 13.2 Å². The summed E-state index contributed by atoms with van der Waals surface area (Å²) in [7, 11) is 0. The molecular formula is C12H22N2OS. The zero-order valence-corrected chi connectivity index (χ0v) is 11.2. The van der Waals surface area contributed by atoms with Gasteiger partial charge >= 0.3 is 0 Å². The van der Waals surface area contributed by atoms with Crippen LogP contribution in [-0.2, 0) is 6.54 Å². The molecule has 0 aliphatic rings. The molecule has 2 N–H and O–H groups in total. The Bertz CT molecular complexity index is 312. The summed E-state index contributed by atoms with van der Waals surface area (Å²) in [6.07, 6.45) is 2.21. The molecule has 1 atom stereocenters. The molecule has 92 valence electrons. The Morgan fingerprint density at radius 2 is 2.19 bits per heavy atom. The summed E-state index contributed by atoms with van der Waals surface area (Å²) in [5.74, 6) is 0.425. The van der Waals surface area contributed by atoms with Crippen molar-refractivity contribution < 1.29 is 5.11 Å². The van der Waals surface area contributed by atoms with Gasteiger partial charge in [0.25, 0.3) is 0 Å². The van der Waals surface area contributed by atoms with Gasteiger partial charge in [-0.25, -0.2) is 4.98 Å². The number of rotatable bonds is 7. The molecule has 16 heavy (non-hydrogen) atoms. The molecule has 3 nitrogen and oxygen atoms in total. The number of hydrogen-bond acceptors (Lipinski definition) is 4. The van der Waals surface area contributed by atoms with E-state index in [0.29, 0.717) is 12.5 Å². The van der Waals surface area contributed by atoms with E-state index in [1.165, 1.54) is 4.88 Å². The Morgan fingerprint density at radius 1 is 1.44 bits per heavy atom. The second kappa shape index (κ2) is 6.99. The number of nitrogens with zero attached hydrogens (tertiary/aromatic N) is 1. The van der Waals surface area contributed by atoms with E-state index in [-0.39, 0.29) is 0 Å². The van der Waals surface area contributed by atoms with Crippen LogP contribution in [0, 0.1) is 19.8 Å². The van der Waals surface area contributed by atoms with Crippen molar-refractivity contribution >= 4 is 11.3 Å². The summed E-state index contributed by atoms with van der Waals surface area (Å²) in [5, 5.41) is 13.4. The Kier molecular flexibility index (Phi) is 5.95. The molecule has 0 bridgehead atoms. The van der Waals surface area contributed by atoms with E-state index in [0.717, 1.165) is 36.6 Å².